The molecule has 0 spiro atoms. The van der Waals surface area contributed by atoms with Crippen molar-refractivity contribution in [3.8, 4) is 0 Å². The van der Waals surface area contributed by atoms with Gasteiger partial charge in [-0.1, -0.05) is 141 Å². The molecule has 36 heavy (non-hydrogen) atoms. The zero-order valence-electron chi connectivity index (χ0n) is 20.6. The summed E-state index contributed by atoms with van der Waals surface area (Å²) in [5.74, 6) is -0.0484. The van der Waals surface area contributed by atoms with Crippen molar-refractivity contribution < 1.29 is 9.22 Å². The lowest BCUT2D eigenvalue weighted by Gasteiger charge is -2.37. The second-order valence-corrected chi connectivity index (χ2v) is 12.9. The lowest BCUT2D eigenvalue weighted by molar-refractivity contribution is -0.129. The fourth-order valence-corrected chi connectivity index (χ4v) is 9.31. The molecular weight excluding hydrogens is 458 g/mol. The lowest BCUT2D eigenvalue weighted by Crippen LogP contribution is -2.70. The minimum atomic E-state index is -3.06. The summed E-state index contributed by atoms with van der Waals surface area (Å²) in [6, 6.07) is 41.5. The van der Waals surface area contributed by atoms with Gasteiger partial charge in [0, 0.05) is 6.04 Å². The van der Waals surface area contributed by atoms with Crippen LogP contribution in [0.15, 0.2) is 121 Å². The van der Waals surface area contributed by atoms with E-state index in [0.29, 0.717) is 0 Å². The maximum Gasteiger partial charge on any atom is 0.289 e. The highest BCUT2D eigenvalue weighted by Crippen LogP contribution is 2.25. The molecule has 4 aromatic rings. The molecule has 1 atom stereocenters. The van der Waals surface area contributed by atoms with Gasteiger partial charge in [0.2, 0.25) is 0 Å². The van der Waals surface area contributed by atoms with Crippen molar-refractivity contribution in [1.29, 1.82) is 0 Å². The van der Waals surface area contributed by atoms with Crippen LogP contribution in [0.25, 0.3) is 0 Å². The molecule has 4 heteroatoms. The number of carbonyl (C=O) groups excluding carboxylic acids is 1. The minimum absolute atomic E-state index is 0.0484. The Morgan fingerprint density at radius 1 is 0.639 bits per heavy atom. The molecule has 1 fully saturated rings. The molecule has 1 amide bonds. The highest BCUT2D eigenvalue weighted by molar-refractivity contribution is 7.07. The second-order valence-electron chi connectivity index (χ2n) is 9.53. The number of carbonyl (C=O) groups is 1. The van der Waals surface area contributed by atoms with Gasteiger partial charge >= 0.3 is 0 Å². The molecule has 1 saturated carbocycles. The van der Waals surface area contributed by atoms with Crippen molar-refractivity contribution in [1.82, 2.24) is 5.32 Å². The van der Waals surface area contributed by atoms with Crippen molar-refractivity contribution >= 4 is 29.8 Å². The molecular formula is C32H33NO2Si. The largest absolute Gasteiger partial charge is 0.388 e. The second kappa shape index (κ2) is 11.5. The standard InChI is InChI=1S/C32H33NO2Si/c34-32(33-27-18-8-2-9-19-27)31(26-16-6-1-7-17-26)35-36(28-20-10-3-11-21-28,29-22-12-4-13-23-29)30-24-14-5-15-25-30/h1,3-7,10-17,20-25,27,31H,2,8-9,18-19H2,(H,33,34). The third-order valence-electron chi connectivity index (χ3n) is 7.13. The summed E-state index contributed by atoms with van der Waals surface area (Å²) in [6.45, 7) is 0. The molecule has 0 radical (unpaired) electrons. The number of hydrogen-bond acceptors (Lipinski definition) is 2. The van der Waals surface area contributed by atoms with Crippen LogP contribution in [0.5, 0.6) is 0 Å². The Hall–Kier alpha value is -3.47. The summed E-state index contributed by atoms with van der Waals surface area (Å²) >= 11 is 0. The molecule has 0 saturated heterocycles. The predicted octanol–water partition coefficient (Wildman–Crippen LogP) is 4.86. The maximum atomic E-state index is 14.0. The summed E-state index contributed by atoms with van der Waals surface area (Å²) in [5.41, 5.74) is 0.880. The van der Waals surface area contributed by atoms with Crippen LogP contribution < -0.4 is 20.9 Å². The third-order valence-corrected chi connectivity index (χ3v) is 11.2. The van der Waals surface area contributed by atoms with Crippen LogP contribution in [0.1, 0.15) is 43.8 Å². The summed E-state index contributed by atoms with van der Waals surface area (Å²) in [6.07, 6.45) is 4.92. The van der Waals surface area contributed by atoms with E-state index < -0.39 is 14.4 Å². The fourth-order valence-electron chi connectivity index (χ4n) is 5.32. The number of rotatable bonds is 8. The molecule has 0 heterocycles. The molecule has 4 aromatic carbocycles. The normalized spacial score (nSPS) is 15.2. The van der Waals surface area contributed by atoms with Crippen molar-refractivity contribution in [3.63, 3.8) is 0 Å². The van der Waals surface area contributed by atoms with E-state index in [-0.39, 0.29) is 11.9 Å². The van der Waals surface area contributed by atoms with Crippen LogP contribution >= 0.6 is 0 Å². The molecule has 0 aliphatic heterocycles. The number of nitrogens with one attached hydrogen (secondary N) is 1. The molecule has 1 aliphatic carbocycles. The summed E-state index contributed by atoms with van der Waals surface area (Å²) < 4.78 is 7.31. The fraction of sp³-hybridized carbons (Fsp3) is 0.219. The van der Waals surface area contributed by atoms with Crippen molar-refractivity contribution in [2.75, 3.05) is 0 Å². The maximum absolute atomic E-state index is 14.0. The topological polar surface area (TPSA) is 38.3 Å². The van der Waals surface area contributed by atoms with Gasteiger partial charge in [-0.3, -0.25) is 4.79 Å². The van der Waals surface area contributed by atoms with Crippen LogP contribution in [0.2, 0.25) is 0 Å². The van der Waals surface area contributed by atoms with Gasteiger partial charge in [0.15, 0.2) is 6.10 Å². The molecule has 1 N–H and O–H groups in total. The van der Waals surface area contributed by atoms with Gasteiger partial charge in [-0.15, -0.1) is 0 Å². The van der Waals surface area contributed by atoms with Crippen LogP contribution in [0.4, 0.5) is 0 Å². The zero-order valence-corrected chi connectivity index (χ0v) is 21.6. The van der Waals surface area contributed by atoms with Crippen LogP contribution in [-0.2, 0) is 9.22 Å². The van der Waals surface area contributed by atoms with E-state index in [1.807, 2.05) is 48.5 Å². The quantitative estimate of drug-likeness (QED) is 0.282. The molecule has 0 bridgehead atoms. The summed E-state index contributed by atoms with van der Waals surface area (Å²) in [5, 5.41) is 6.71. The Morgan fingerprint density at radius 3 is 1.50 bits per heavy atom. The molecule has 0 aromatic heterocycles. The van der Waals surface area contributed by atoms with Crippen molar-refractivity contribution in [2.45, 2.75) is 44.2 Å². The average molecular weight is 492 g/mol. The number of amides is 1. The van der Waals surface area contributed by atoms with E-state index >= 15 is 0 Å². The monoisotopic (exact) mass is 491 g/mol. The molecule has 1 unspecified atom stereocenters. The van der Waals surface area contributed by atoms with E-state index in [9.17, 15) is 4.79 Å². The van der Waals surface area contributed by atoms with Gasteiger partial charge in [-0.2, -0.15) is 0 Å². The molecule has 3 nitrogen and oxygen atoms in total. The Kier molecular flexibility index (Phi) is 7.75. The minimum Gasteiger partial charge on any atom is -0.388 e. The highest BCUT2D eigenvalue weighted by atomic mass is 28.4. The van der Waals surface area contributed by atoms with Gasteiger partial charge < -0.3 is 9.74 Å². The van der Waals surface area contributed by atoms with E-state index in [0.717, 1.165) is 34.0 Å². The first-order chi connectivity index (χ1) is 17.8. The van der Waals surface area contributed by atoms with E-state index in [1.165, 1.54) is 19.3 Å². The van der Waals surface area contributed by atoms with Gasteiger partial charge in [0.05, 0.1) is 0 Å². The zero-order chi connectivity index (χ0) is 24.6. The Morgan fingerprint density at radius 2 is 1.06 bits per heavy atom. The highest BCUT2D eigenvalue weighted by Gasteiger charge is 2.45. The third kappa shape index (κ3) is 5.20. The summed E-state index contributed by atoms with van der Waals surface area (Å²) in [7, 11) is -3.06. The average Bonchev–Trinajstić information content (AvgIpc) is 2.96. The Labute approximate surface area is 215 Å². The molecule has 1 aliphatic rings. The first-order valence-corrected chi connectivity index (χ1v) is 14.9. The van der Waals surface area contributed by atoms with Gasteiger partial charge in [0.25, 0.3) is 14.2 Å². The van der Waals surface area contributed by atoms with Crippen LogP contribution in [-0.4, -0.2) is 20.3 Å². The van der Waals surface area contributed by atoms with Crippen LogP contribution in [0.3, 0.4) is 0 Å². The Balaban J connectivity index is 1.65. The van der Waals surface area contributed by atoms with E-state index in [1.54, 1.807) is 0 Å². The summed E-state index contributed by atoms with van der Waals surface area (Å²) in [4.78, 5) is 14.0. The van der Waals surface area contributed by atoms with Gasteiger partial charge in [-0.05, 0) is 34.0 Å². The smallest absolute Gasteiger partial charge is 0.289 e. The van der Waals surface area contributed by atoms with Gasteiger partial charge in [-0.25, -0.2) is 0 Å². The Bertz CT molecular complexity index is 1130. The van der Waals surface area contributed by atoms with Crippen LogP contribution in [0, 0.1) is 0 Å². The van der Waals surface area contributed by atoms with Crippen molar-refractivity contribution in [3.05, 3.63) is 127 Å². The van der Waals surface area contributed by atoms with Crippen molar-refractivity contribution in [2.24, 2.45) is 0 Å². The number of hydrogen-bond donors (Lipinski definition) is 1. The first-order valence-electron chi connectivity index (χ1n) is 13.0. The van der Waals surface area contributed by atoms with E-state index in [2.05, 4.69) is 78.1 Å². The van der Waals surface area contributed by atoms with E-state index in [4.69, 9.17) is 4.43 Å². The molecule has 182 valence electrons. The number of benzene rings is 4. The predicted molar refractivity (Wildman–Crippen MR) is 149 cm³/mol. The SMILES string of the molecule is O=C(NC1CCCCC1)C(O[Si](c1ccccc1)(c1ccccc1)c1ccccc1)c1ccccc1. The molecule has 5 rings (SSSR count). The first kappa shape index (κ1) is 24.2. The lowest BCUT2D eigenvalue weighted by atomic mass is 9.95. The van der Waals surface area contributed by atoms with Gasteiger partial charge in [0.1, 0.15) is 0 Å².